The average molecular weight is 236 g/mol. The Morgan fingerprint density at radius 2 is 1.76 bits per heavy atom. The Morgan fingerprint density at radius 1 is 1.12 bits per heavy atom. The Balaban J connectivity index is 2.78. The van der Waals surface area contributed by atoms with Gasteiger partial charge in [-0.3, -0.25) is 0 Å². The van der Waals surface area contributed by atoms with Crippen LogP contribution in [0.2, 0.25) is 0 Å². The minimum absolute atomic E-state index is 0.0483. The number of hydrogen-bond acceptors (Lipinski definition) is 2. The predicted molar refractivity (Wildman–Crippen MR) is 71.8 cm³/mol. The van der Waals surface area contributed by atoms with Crippen LogP contribution >= 0.6 is 0 Å². The first-order valence-corrected chi connectivity index (χ1v) is 6.41. The fourth-order valence-electron chi connectivity index (χ4n) is 2.11. The van der Waals surface area contributed by atoms with Gasteiger partial charge in [0.2, 0.25) is 0 Å². The van der Waals surface area contributed by atoms with E-state index < -0.39 is 6.10 Å². The van der Waals surface area contributed by atoms with Gasteiger partial charge in [-0.15, -0.1) is 0 Å². The molecule has 0 fully saturated rings. The molecule has 1 aliphatic carbocycles. The van der Waals surface area contributed by atoms with Crippen molar-refractivity contribution in [3.63, 3.8) is 0 Å². The molecule has 0 bridgehead atoms. The van der Waals surface area contributed by atoms with Crippen molar-refractivity contribution in [2.75, 3.05) is 6.61 Å². The molecule has 0 amide bonds. The molecular formula is C15H24O2. The lowest BCUT2D eigenvalue weighted by Crippen LogP contribution is -2.06. The van der Waals surface area contributed by atoms with Crippen molar-refractivity contribution in [1.29, 1.82) is 0 Å². The van der Waals surface area contributed by atoms with Crippen LogP contribution < -0.4 is 0 Å². The highest BCUT2D eigenvalue weighted by molar-refractivity contribution is 5.13. The van der Waals surface area contributed by atoms with E-state index in [1.165, 1.54) is 11.1 Å². The summed E-state index contributed by atoms with van der Waals surface area (Å²) in [5, 5.41) is 19.1. The Bertz CT molecular complexity index is 324. The van der Waals surface area contributed by atoms with E-state index in [0.29, 0.717) is 6.42 Å². The van der Waals surface area contributed by atoms with Gasteiger partial charge in [0, 0.05) is 0 Å². The molecule has 1 atom stereocenters. The first-order valence-electron chi connectivity index (χ1n) is 6.41. The molecule has 0 aromatic heterocycles. The molecule has 0 saturated heterocycles. The van der Waals surface area contributed by atoms with Gasteiger partial charge >= 0.3 is 0 Å². The molecule has 1 aliphatic rings. The topological polar surface area (TPSA) is 40.5 Å². The fourth-order valence-corrected chi connectivity index (χ4v) is 2.11. The van der Waals surface area contributed by atoms with Gasteiger partial charge in [0.15, 0.2) is 0 Å². The maximum atomic E-state index is 9.87. The summed E-state index contributed by atoms with van der Waals surface area (Å²) in [5.74, 6) is 0. The summed E-state index contributed by atoms with van der Waals surface area (Å²) in [4.78, 5) is 0. The second-order valence-electron chi connectivity index (χ2n) is 4.93. The zero-order chi connectivity index (χ0) is 12.7. The summed E-state index contributed by atoms with van der Waals surface area (Å²) in [6.45, 7) is 4.26. The summed E-state index contributed by atoms with van der Waals surface area (Å²) < 4.78 is 0. The monoisotopic (exact) mass is 236 g/mol. The average Bonchev–Trinajstić information content (AvgIpc) is 2.26. The Morgan fingerprint density at radius 3 is 2.47 bits per heavy atom. The van der Waals surface area contributed by atoms with Crippen LogP contribution in [0.3, 0.4) is 0 Å². The molecule has 1 rings (SSSR count). The van der Waals surface area contributed by atoms with Crippen molar-refractivity contribution in [3.05, 3.63) is 34.9 Å². The van der Waals surface area contributed by atoms with Crippen LogP contribution in [0.25, 0.3) is 0 Å². The zero-order valence-electron chi connectivity index (χ0n) is 10.9. The molecule has 0 radical (unpaired) electrons. The third kappa shape index (κ3) is 5.85. The van der Waals surface area contributed by atoms with E-state index in [1.54, 1.807) is 0 Å². The van der Waals surface area contributed by atoms with Gasteiger partial charge in [0.05, 0.1) is 12.7 Å². The van der Waals surface area contributed by atoms with Crippen LogP contribution in [0.15, 0.2) is 34.9 Å². The first-order chi connectivity index (χ1) is 8.11. The standard InChI is InChI=1S/C15H24O2/c1-12-5-3-7-13(2)9-15(17)10-14(11-16)8-4-6-12/h6-7,10,15-17H,3-5,8-9,11H2,1-2H3/b12-6+,13-7+,14-10+/t15-/m1/s1. The van der Waals surface area contributed by atoms with Gasteiger partial charge in [-0.2, -0.15) is 0 Å². The highest BCUT2D eigenvalue weighted by Crippen LogP contribution is 2.16. The van der Waals surface area contributed by atoms with Gasteiger partial charge in [0.1, 0.15) is 0 Å². The van der Waals surface area contributed by atoms with E-state index in [0.717, 1.165) is 31.3 Å². The number of allylic oxidation sites excluding steroid dienone is 3. The summed E-state index contributed by atoms with van der Waals surface area (Å²) >= 11 is 0. The second-order valence-corrected chi connectivity index (χ2v) is 4.93. The summed E-state index contributed by atoms with van der Waals surface area (Å²) in [7, 11) is 0. The van der Waals surface area contributed by atoms with Crippen LogP contribution in [0.5, 0.6) is 0 Å². The highest BCUT2D eigenvalue weighted by Gasteiger charge is 2.05. The third-order valence-electron chi connectivity index (χ3n) is 3.15. The minimum Gasteiger partial charge on any atom is -0.392 e. The van der Waals surface area contributed by atoms with Crippen molar-refractivity contribution in [1.82, 2.24) is 0 Å². The third-order valence-corrected chi connectivity index (χ3v) is 3.15. The van der Waals surface area contributed by atoms with Crippen molar-refractivity contribution < 1.29 is 10.2 Å². The number of rotatable bonds is 1. The molecule has 2 N–H and O–H groups in total. The predicted octanol–water partition coefficient (Wildman–Crippen LogP) is 3.12. The van der Waals surface area contributed by atoms with Crippen molar-refractivity contribution in [2.24, 2.45) is 0 Å². The van der Waals surface area contributed by atoms with E-state index in [2.05, 4.69) is 26.0 Å². The van der Waals surface area contributed by atoms with Crippen LogP contribution in [-0.2, 0) is 0 Å². The van der Waals surface area contributed by atoms with Gasteiger partial charge in [-0.05, 0) is 51.5 Å². The Labute approximate surface area is 104 Å². The fraction of sp³-hybridized carbons (Fsp3) is 0.600. The maximum absolute atomic E-state index is 9.87. The quantitative estimate of drug-likeness (QED) is 0.687. The van der Waals surface area contributed by atoms with Crippen LogP contribution in [-0.4, -0.2) is 22.9 Å². The minimum atomic E-state index is -0.460. The first kappa shape index (κ1) is 14.2. The molecule has 2 heteroatoms. The zero-order valence-corrected chi connectivity index (χ0v) is 10.9. The van der Waals surface area contributed by atoms with Gasteiger partial charge in [-0.1, -0.05) is 29.4 Å². The molecule has 0 spiro atoms. The van der Waals surface area contributed by atoms with Crippen molar-refractivity contribution >= 4 is 0 Å². The Kier molecular flexibility index (Phi) is 6.23. The summed E-state index contributed by atoms with van der Waals surface area (Å²) in [6, 6.07) is 0. The molecule has 0 heterocycles. The smallest absolute Gasteiger partial charge is 0.0761 e. The number of hydrogen-bond donors (Lipinski definition) is 2. The lowest BCUT2D eigenvalue weighted by atomic mass is 10.00. The lowest BCUT2D eigenvalue weighted by Gasteiger charge is -2.11. The molecule has 0 aliphatic heterocycles. The SMILES string of the molecule is C/C1=C\CC/C(CO)=C\[C@H](O)C/C(C)=C/CC1. The molecule has 0 unspecified atom stereocenters. The largest absolute Gasteiger partial charge is 0.392 e. The number of aliphatic hydroxyl groups excluding tert-OH is 2. The van der Waals surface area contributed by atoms with E-state index in [1.807, 2.05) is 6.08 Å². The van der Waals surface area contributed by atoms with Crippen molar-refractivity contribution in [2.45, 2.75) is 52.1 Å². The molecule has 17 heavy (non-hydrogen) atoms. The maximum Gasteiger partial charge on any atom is 0.0761 e. The van der Waals surface area contributed by atoms with E-state index in [-0.39, 0.29) is 6.61 Å². The molecule has 96 valence electrons. The molecule has 0 aromatic rings. The van der Waals surface area contributed by atoms with Gasteiger partial charge in [0.25, 0.3) is 0 Å². The molecule has 0 aromatic carbocycles. The van der Waals surface area contributed by atoms with E-state index in [9.17, 15) is 10.2 Å². The van der Waals surface area contributed by atoms with E-state index in [4.69, 9.17) is 0 Å². The van der Waals surface area contributed by atoms with Crippen LogP contribution in [0, 0.1) is 0 Å². The molecular weight excluding hydrogens is 212 g/mol. The van der Waals surface area contributed by atoms with Gasteiger partial charge < -0.3 is 10.2 Å². The molecule has 0 saturated carbocycles. The number of aliphatic hydroxyl groups is 2. The van der Waals surface area contributed by atoms with Crippen LogP contribution in [0.4, 0.5) is 0 Å². The normalized spacial score (nSPS) is 33.2. The second kappa shape index (κ2) is 7.46. The summed E-state index contributed by atoms with van der Waals surface area (Å²) in [6.07, 6.45) is 10.4. The van der Waals surface area contributed by atoms with Crippen molar-refractivity contribution in [3.8, 4) is 0 Å². The van der Waals surface area contributed by atoms with Gasteiger partial charge in [-0.25, -0.2) is 0 Å². The van der Waals surface area contributed by atoms with Crippen LogP contribution in [0.1, 0.15) is 46.0 Å². The highest BCUT2D eigenvalue weighted by atomic mass is 16.3. The Hall–Kier alpha value is -0.860. The summed E-state index contributed by atoms with van der Waals surface area (Å²) in [5.41, 5.74) is 3.57. The molecule has 2 nitrogen and oxygen atoms in total. The van der Waals surface area contributed by atoms with E-state index >= 15 is 0 Å². The lowest BCUT2D eigenvalue weighted by molar-refractivity contribution is 0.219.